The van der Waals surface area contributed by atoms with Crippen LogP contribution in [-0.4, -0.2) is 17.4 Å². The summed E-state index contributed by atoms with van der Waals surface area (Å²) in [6.07, 6.45) is 3.20. The molecule has 0 aliphatic rings. The second-order valence-corrected chi connectivity index (χ2v) is 6.38. The fourth-order valence-corrected chi connectivity index (χ4v) is 2.74. The minimum Gasteiger partial charge on any atom is -0.493 e. The van der Waals surface area contributed by atoms with Gasteiger partial charge in [-0.25, -0.2) is 0 Å². The number of ether oxygens (including phenoxy) is 2. The molecule has 0 saturated carbocycles. The summed E-state index contributed by atoms with van der Waals surface area (Å²) < 4.78 is 11.6. The quantitative estimate of drug-likeness (QED) is 0.192. The van der Waals surface area contributed by atoms with Gasteiger partial charge in [0, 0.05) is 24.2 Å². The van der Waals surface area contributed by atoms with Crippen molar-refractivity contribution in [3.8, 4) is 22.6 Å². The molecule has 3 rings (SSSR count). The molecule has 0 bridgehead atoms. The molecule has 3 aromatic rings. The van der Waals surface area contributed by atoms with Gasteiger partial charge in [0.25, 0.3) is 0 Å². The van der Waals surface area contributed by atoms with Crippen LogP contribution < -0.4 is 20.7 Å². The topological polar surface area (TPSA) is 110 Å². The lowest BCUT2D eigenvalue weighted by Gasteiger charge is -2.10. The predicted molar refractivity (Wildman–Crippen MR) is 113 cm³/mol. The number of nitrogens with two attached hydrogens (primary N) is 2. The molecule has 0 atom stereocenters. The number of nitrogens with one attached hydrogen (secondary N) is 1. The lowest BCUT2D eigenvalue weighted by atomic mass is 10.1. The fourth-order valence-electron chi connectivity index (χ4n) is 2.74. The molecule has 5 N–H and O–H groups in total. The van der Waals surface area contributed by atoms with E-state index >= 15 is 0 Å². The third-order valence-electron chi connectivity index (χ3n) is 4.30. The number of amidine groups is 1. The summed E-state index contributed by atoms with van der Waals surface area (Å²) in [4.78, 5) is 4.49. The summed E-state index contributed by atoms with van der Waals surface area (Å²) in [6, 6.07) is 21.7. The summed E-state index contributed by atoms with van der Waals surface area (Å²) >= 11 is 0. The summed E-state index contributed by atoms with van der Waals surface area (Å²) in [7, 11) is 0. The Bertz CT molecular complexity index is 914. The number of pyridine rings is 1. The maximum atomic E-state index is 7.16. The minimum absolute atomic E-state index is 0.383. The Hall–Kier alpha value is -3.42. The molecule has 0 aliphatic heterocycles. The van der Waals surface area contributed by atoms with Crippen LogP contribution in [0.5, 0.6) is 11.5 Å². The number of hydrogen-bond donors (Lipinski definition) is 2. The molecule has 1 aromatic heterocycles. The van der Waals surface area contributed by atoms with Crippen molar-refractivity contribution in [2.75, 3.05) is 6.61 Å². The van der Waals surface area contributed by atoms with E-state index in [-0.39, 0.29) is 0 Å². The number of rotatable bonds is 9. The molecular formula is C22H25N5O2. The molecule has 0 radical (unpaired) electrons. The average molecular weight is 391 g/mol. The largest absolute Gasteiger partial charge is 0.493 e. The van der Waals surface area contributed by atoms with E-state index in [2.05, 4.69) is 22.2 Å². The van der Waals surface area contributed by atoms with Gasteiger partial charge in [0.15, 0.2) is 0 Å². The Morgan fingerprint density at radius 3 is 2.45 bits per heavy atom. The molecular weight excluding hydrogens is 366 g/mol. The van der Waals surface area contributed by atoms with Gasteiger partial charge in [-0.05, 0) is 30.2 Å². The summed E-state index contributed by atoms with van der Waals surface area (Å²) in [5, 5.41) is 3.53. The maximum absolute atomic E-state index is 7.16. The van der Waals surface area contributed by atoms with Gasteiger partial charge in [0.05, 0.1) is 12.3 Å². The van der Waals surface area contributed by atoms with E-state index < -0.39 is 0 Å². The molecule has 0 aliphatic carbocycles. The molecule has 0 saturated heterocycles. The molecule has 150 valence electrons. The zero-order valence-electron chi connectivity index (χ0n) is 16.1. The first-order valence-electron chi connectivity index (χ1n) is 9.42. The van der Waals surface area contributed by atoms with Gasteiger partial charge in [0.1, 0.15) is 18.1 Å². The Labute approximate surface area is 170 Å². The lowest BCUT2D eigenvalue weighted by Crippen LogP contribution is -2.80. The van der Waals surface area contributed by atoms with Crippen LogP contribution in [0.1, 0.15) is 18.5 Å². The van der Waals surface area contributed by atoms with Crippen LogP contribution in [-0.2, 0) is 6.61 Å². The van der Waals surface area contributed by atoms with E-state index in [1.165, 1.54) is 0 Å². The third kappa shape index (κ3) is 6.31. The standard InChI is InChI=1S/C22H25N5O2/c23-26-22(27-24)10-5-13-28-20-8-4-9-21(14-20)29-16-19-12-11-18(15-25-19)17-6-2-1-3-7-17/h1-4,6-9,11-12,14-15,23H,5,10,13,16,24,26H2. The number of benzene rings is 2. The zero-order chi connectivity index (χ0) is 20.3. The Kier molecular flexibility index (Phi) is 7.56. The molecule has 0 fully saturated rings. The molecule has 29 heavy (non-hydrogen) atoms. The van der Waals surface area contributed by atoms with E-state index in [1.54, 1.807) is 0 Å². The summed E-state index contributed by atoms with van der Waals surface area (Å²) in [5.74, 6) is 14.4. The molecule has 7 heteroatoms. The van der Waals surface area contributed by atoms with E-state index in [9.17, 15) is 0 Å². The smallest absolute Gasteiger partial charge is 0.206 e. The van der Waals surface area contributed by atoms with Crippen molar-refractivity contribution < 1.29 is 14.9 Å². The molecule has 7 nitrogen and oxygen atoms in total. The van der Waals surface area contributed by atoms with Crippen molar-refractivity contribution in [1.29, 1.82) is 0 Å². The van der Waals surface area contributed by atoms with Crippen molar-refractivity contribution in [3.63, 3.8) is 0 Å². The number of hydrazone groups is 1. The molecule has 0 spiro atoms. The van der Waals surface area contributed by atoms with Crippen LogP contribution in [0.3, 0.4) is 0 Å². The van der Waals surface area contributed by atoms with Crippen LogP contribution in [0, 0.1) is 0 Å². The number of aromatic nitrogens is 1. The zero-order valence-corrected chi connectivity index (χ0v) is 16.1. The van der Waals surface area contributed by atoms with Crippen molar-refractivity contribution in [2.45, 2.75) is 19.4 Å². The normalized spacial score (nSPS) is 11.3. The van der Waals surface area contributed by atoms with Crippen molar-refractivity contribution >= 4 is 5.84 Å². The highest BCUT2D eigenvalue weighted by Gasteiger charge is 2.03. The SMILES string of the molecule is [NH-][NH2+]C(CCCOc1cccc(OCc2ccc(-c3ccccc3)cn2)c1)=NN. The van der Waals surface area contributed by atoms with Crippen LogP contribution in [0.25, 0.3) is 17.0 Å². The van der Waals surface area contributed by atoms with Gasteiger partial charge in [-0.1, -0.05) is 42.5 Å². The first-order valence-corrected chi connectivity index (χ1v) is 9.42. The first-order chi connectivity index (χ1) is 14.3. The number of hydrogen-bond acceptors (Lipinski definition) is 5. The van der Waals surface area contributed by atoms with Crippen molar-refractivity contribution in [1.82, 2.24) is 4.98 Å². The van der Waals surface area contributed by atoms with Gasteiger partial charge < -0.3 is 26.6 Å². The predicted octanol–water partition coefficient (Wildman–Crippen LogP) is 3.29. The van der Waals surface area contributed by atoms with E-state index in [0.29, 0.717) is 25.5 Å². The van der Waals surface area contributed by atoms with Gasteiger partial charge in [-0.15, -0.1) is 5.10 Å². The Morgan fingerprint density at radius 1 is 0.966 bits per heavy atom. The van der Waals surface area contributed by atoms with E-state index in [1.807, 2.05) is 60.8 Å². The summed E-state index contributed by atoms with van der Waals surface area (Å²) in [5.41, 5.74) is 4.24. The number of quaternary nitrogens is 1. The fraction of sp³-hybridized carbons (Fsp3) is 0.182. The third-order valence-corrected chi connectivity index (χ3v) is 4.30. The highest BCUT2D eigenvalue weighted by atomic mass is 16.5. The number of nitrogens with zero attached hydrogens (tertiary/aromatic N) is 2. The van der Waals surface area contributed by atoms with Gasteiger partial charge in [0.2, 0.25) is 5.84 Å². The molecule has 0 amide bonds. The minimum atomic E-state index is 0.383. The van der Waals surface area contributed by atoms with Crippen molar-refractivity contribution in [2.24, 2.45) is 10.9 Å². The monoisotopic (exact) mass is 391 g/mol. The average Bonchev–Trinajstić information content (AvgIpc) is 2.79. The second kappa shape index (κ2) is 10.8. The van der Waals surface area contributed by atoms with Crippen LogP contribution in [0.15, 0.2) is 78.0 Å². The Balaban J connectivity index is 1.49. The van der Waals surface area contributed by atoms with Crippen molar-refractivity contribution in [3.05, 3.63) is 84.5 Å². The highest BCUT2D eigenvalue weighted by Crippen LogP contribution is 2.21. The molecule has 1 heterocycles. The van der Waals surface area contributed by atoms with E-state index in [4.69, 9.17) is 21.2 Å². The molecule has 0 unspecified atom stereocenters. The van der Waals surface area contributed by atoms with Gasteiger partial charge in [-0.3, -0.25) is 4.98 Å². The van der Waals surface area contributed by atoms with E-state index in [0.717, 1.165) is 40.2 Å². The second-order valence-electron chi connectivity index (χ2n) is 6.38. The maximum Gasteiger partial charge on any atom is 0.206 e. The van der Waals surface area contributed by atoms with Crippen LogP contribution in [0.4, 0.5) is 0 Å². The van der Waals surface area contributed by atoms with Gasteiger partial charge in [-0.2, -0.15) is 0 Å². The molecule has 2 aromatic carbocycles. The van der Waals surface area contributed by atoms with Crippen LogP contribution in [0.2, 0.25) is 0 Å². The lowest BCUT2D eigenvalue weighted by molar-refractivity contribution is -0.466. The summed E-state index contributed by atoms with van der Waals surface area (Å²) in [6.45, 7) is 0.896. The van der Waals surface area contributed by atoms with Crippen LogP contribution >= 0.6 is 0 Å². The Morgan fingerprint density at radius 2 is 1.76 bits per heavy atom. The van der Waals surface area contributed by atoms with Gasteiger partial charge >= 0.3 is 0 Å². The first kappa shape index (κ1) is 20.3. The highest BCUT2D eigenvalue weighted by molar-refractivity contribution is 5.71.